The average Bonchev–Trinajstić information content (AvgIpc) is 2.49. The second-order valence-corrected chi connectivity index (χ2v) is 5.07. The van der Waals surface area contributed by atoms with Gasteiger partial charge in [0, 0.05) is 23.6 Å². The topological polar surface area (TPSA) is 118 Å². The van der Waals surface area contributed by atoms with E-state index in [0.717, 1.165) is 18.9 Å². The SMILES string of the molecule is CCC(CC)(CO)CNc1ccc(C(N)=O)cc1[N+](=O)[O-]. The van der Waals surface area contributed by atoms with Crippen LogP contribution in [0, 0.1) is 15.5 Å². The Hall–Kier alpha value is -2.15. The summed E-state index contributed by atoms with van der Waals surface area (Å²) in [5, 5.41) is 23.6. The number of nitro benzene ring substituents is 1. The van der Waals surface area contributed by atoms with E-state index < -0.39 is 10.8 Å². The van der Waals surface area contributed by atoms with Crippen molar-refractivity contribution in [2.24, 2.45) is 11.1 Å². The van der Waals surface area contributed by atoms with Crippen molar-refractivity contribution < 1.29 is 14.8 Å². The van der Waals surface area contributed by atoms with Crippen LogP contribution in [0.4, 0.5) is 11.4 Å². The van der Waals surface area contributed by atoms with E-state index in [0.29, 0.717) is 12.2 Å². The minimum absolute atomic E-state index is 0.000166. The number of aliphatic hydroxyl groups is 1. The first-order valence-electron chi connectivity index (χ1n) is 6.82. The first-order chi connectivity index (χ1) is 9.89. The number of primary amides is 1. The second kappa shape index (κ2) is 7.03. The zero-order valence-electron chi connectivity index (χ0n) is 12.3. The predicted molar refractivity (Wildman–Crippen MR) is 80.2 cm³/mol. The largest absolute Gasteiger partial charge is 0.396 e. The molecule has 0 saturated carbocycles. The molecule has 0 saturated heterocycles. The normalized spacial score (nSPS) is 11.2. The van der Waals surface area contributed by atoms with Crippen LogP contribution < -0.4 is 11.1 Å². The van der Waals surface area contributed by atoms with Crippen molar-refractivity contribution >= 4 is 17.3 Å². The zero-order chi connectivity index (χ0) is 16.0. The molecular formula is C14H21N3O4. The van der Waals surface area contributed by atoms with E-state index in [-0.39, 0.29) is 23.3 Å². The van der Waals surface area contributed by atoms with E-state index in [1.54, 1.807) is 0 Å². The number of anilines is 1. The smallest absolute Gasteiger partial charge is 0.293 e. The summed E-state index contributed by atoms with van der Waals surface area (Å²) in [6, 6.07) is 4.06. The molecule has 0 spiro atoms. The van der Waals surface area contributed by atoms with Crippen molar-refractivity contribution in [2.75, 3.05) is 18.5 Å². The standard InChI is InChI=1S/C14H21N3O4/c1-3-14(4-2,9-18)8-16-11-6-5-10(13(15)19)7-12(11)17(20)21/h5-7,16,18H,3-4,8-9H2,1-2H3,(H2,15,19). The third-order valence-corrected chi connectivity index (χ3v) is 3.97. The predicted octanol–water partition coefficient (Wildman–Crippen LogP) is 1.90. The number of nitrogens with two attached hydrogens (primary N) is 1. The van der Waals surface area contributed by atoms with Crippen LogP contribution >= 0.6 is 0 Å². The average molecular weight is 295 g/mol. The maximum absolute atomic E-state index is 11.1. The van der Waals surface area contributed by atoms with Gasteiger partial charge in [0.15, 0.2) is 0 Å². The summed E-state index contributed by atoms with van der Waals surface area (Å²) in [4.78, 5) is 21.6. The van der Waals surface area contributed by atoms with Gasteiger partial charge in [0.1, 0.15) is 5.69 Å². The Kier molecular flexibility index (Phi) is 5.66. The van der Waals surface area contributed by atoms with Crippen molar-refractivity contribution in [3.05, 3.63) is 33.9 Å². The zero-order valence-corrected chi connectivity index (χ0v) is 12.3. The number of carbonyl (C=O) groups is 1. The molecule has 0 unspecified atom stereocenters. The number of nitrogens with one attached hydrogen (secondary N) is 1. The summed E-state index contributed by atoms with van der Waals surface area (Å²) in [5.74, 6) is -0.712. The van der Waals surface area contributed by atoms with Gasteiger partial charge in [-0.05, 0) is 25.0 Å². The summed E-state index contributed by atoms with van der Waals surface area (Å²) in [6.45, 7) is 4.34. The van der Waals surface area contributed by atoms with Gasteiger partial charge in [-0.3, -0.25) is 14.9 Å². The number of amides is 1. The van der Waals surface area contributed by atoms with E-state index in [4.69, 9.17) is 5.73 Å². The lowest BCUT2D eigenvalue weighted by molar-refractivity contribution is -0.384. The summed E-state index contributed by atoms with van der Waals surface area (Å²) in [7, 11) is 0. The third kappa shape index (κ3) is 3.91. The summed E-state index contributed by atoms with van der Waals surface area (Å²) in [6.07, 6.45) is 1.50. The van der Waals surface area contributed by atoms with Crippen molar-refractivity contribution in [1.82, 2.24) is 0 Å². The summed E-state index contributed by atoms with van der Waals surface area (Å²) in [5.41, 5.74) is 5.00. The lowest BCUT2D eigenvalue weighted by Crippen LogP contribution is -2.32. The molecule has 0 atom stereocenters. The molecule has 1 rings (SSSR count). The Bertz CT molecular complexity index is 519. The molecule has 4 N–H and O–H groups in total. The van der Waals surface area contributed by atoms with Crippen LogP contribution in [0.1, 0.15) is 37.0 Å². The monoisotopic (exact) mass is 295 g/mol. The molecule has 0 radical (unpaired) electrons. The second-order valence-electron chi connectivity index (χ2n) is 5.07. The van der Waals surface area contributed by atoms with Gasteiger partial charge in [0.25, 0.3) is 5.69 Å². The van der Waals surface area contributed by atoms with Crippen LogP contribution in [0.2, 0.25) is 0 Å². The molecule has 0 aromatic heterocycles. The third-order valence-electron chi connectivity index (χ3n) is 3.97. The highest BCUT2D eigenvalue weighted by atomic mass is 16.6. The highest BCUT2D eigenvalue weighted by Crippen LogP contribution is 2.30. The molecule has 1 amide bonds. The molecule has 1 aromatic rings. The van der Waals surface area contributed by atoms with E-state index in [1.807, 2.05) is 13.8 Å². The Morgan fingerprint density at radius 3 is 2.48 bits per heavy atom. The van der Waals surface area contributed by atoms with Crippen molar-refractivity contribution in [1.29, 1.82) is 0 Å². The first kappa shape index (κ1) is 16.9. The number of benzene rings is 1. The van der Waals surface area contributed by atoms with Crippen molar-refractivity contribution in [2.45, 2.75) is 26.7 Å². The van der Waals surface area contributed by atoms with Crippen LogP contribution in [-0.4, -0.2) is 29.1 Å². The minimum Gasteiger partial charge on any atom is -0.396 e. The van der Waals surface area contributed by atoms with E-state index >= 15 is 0 Å². The van der Waals surface area contributed by atoms with Gasteiger partial charge in [-0.2, -0.15) is 0 Å². The molecule has 0 heterocycles. The quantitative estimate of drug-likeness (QED) is 0.500. The Morgan fingerprint density at radius 2 is 2.05 bits per heavy atom. The van der Waals surface area contributed by atoms with Crippen molar-refractivity contribution in [3.8, 4) is 0 Å². The lowest BCUT2D eigenvalue weighted by Gasteiger charge is -2.29. The fourth-order valence-corrected chi connectivity index (χ4v) is 2.05. The molecule has 7 heteroatoms. The molecule has 0 bridgehead atoms. The van der Waals surface area contributed by atoms with Crippen LogP contribution in [-0.2, 0) is 0 Å². The minimum atomic E-state index is -0.712. The summed E-state index contributed by atoms with van der Waals surface area (Å²) >= 11 is 0. The molecule has 21 heavy (non-hydrogen) atoms. The van der Waals surface area contributed by atoms with E-state index in [2.05, 4.69) is 5.32 Å². The summed E-state index contributed by atoms with van der Waals surface area (Å²) < 4.78 is 0. The van der Waals surface area contributed by atoms with Crippen LogP contribution in [0.5, 0.6) is 0 Å². The number of rotatable bonds is 8. The molecule has 7 nitrogen and oxygen atoms in total. The van der Waals surface area contributed by atoms with Gasteiger partial charge < -0.3 is 16.2 Å². The van der Waals surface area contributed by atoms with Crippen LogP contribution in [0.25, 0.3) is 0 Å². The fraction of sp³-hybridized carbons (Fsp3) is 0.500. The molecule has 0 aliphatic rings. The van der Waals surface area contributed by atoms with Crippen LogP contribution in [0.3, 0.4) is 0 Å². The van der Waals surface area contributed by atoms with Gasteiger partial charge in [0.05, 0.1) is 11.5 Å². The number of nitrogens with zero attached hydrogens (tertiary/aromatic N) is 1. The van der Waals surface area contributed by atoms with E-state index in [9.17, 15) is 20.0 Å². The number of carbonyl (C=O) groups excluding carboxylic acids is 1. The number of nitro groups is 1. The van der Waals surface area contributed by atoms with Gasteiger partial charge in [-0.25, -0.2) is 0 Å². The highest BCUT2D eigenvalue weighted by Gasteiger charge is 2.26. The number of aliphatic hydroxyl groups excluding tert-OH is 1. The maximum Gasteiger partial charge on any atom is 0.293 e. The lowest BCUT2D eigenvalue weighted by atomic mass is 9.83. The maximum atomic E-state index is 11.1. The molecular weight excluding hydrogens is 274 g/mol. The Morgan fingerprint density at radius 1 is 1.43 bits per heavy atom. The Balaban J connectivity index is 3.03. The van der Waals surface area contributed by atoms with Gasteiger partial charge in [0.2, 0.25) is 5.91 Å². The van der Waals surface area contributed by atoms with Gasteiger partial charge in [-0.15, -0.1) is 0 Å². The van der Waals surface area contributed by atoms with Crippen LogP contribution in [0.15, 0.2) is 18.2 Å². The van der Waals surface area contributed by atoms with Gasteiger partial charge >= 0.3 is 0 Å². The fourth-order valence-electron chi connectivity index (χ4n) is 2.05. The van der Waals surface area contributed by atoms with Gasteiger partial charge in [-0.1, -0.05) is 13.8 Å². The first-order valence-corrected chi connectivity index (χ1v) is 6.82. The van der Waals surface area contributed by atoms with Crippen molar-refractivity contribution in [3.63, 3.8) is 0 Å². The molecule has 0 aliphatic carbocycles. The Labute approximate surface area is 123 Å². The molecule has 116 valence electrons. The molecule has 0 fully saturated rings. The molecule has 1 aromatic carbocycles. The number of hydrogen-bond acceptors (Lipinski definition) is 5. The highest BCUT2D eigenvalue weighted by molar-refractivity contribution is 5.94. The molecule has 0 aliphatic heterocycles. The number of hydrogen-bond donors (Lipinski definition) is 3. The van der Waals surface area contributed by atoms with E-state index in [1.165, 1.54) is 12.1 Å².